The molecular weight excluding hydrogens is 188 g/mol. The number of nitrogens with one attached hydrogen (secondary N) is 1. The van der Waals surface area contributed by atoms with E-state index in [1.807, 2.05) is 31.2 Å². The zero-order valence-corrected chi connectivity index (χ0v) is 8.64. The molecule has 0 amide bonds. The molecule has 0 saturated carbocycles. The van der Waals surface area contributed by atoms with E-state index in [0.29, 0.717) is 6.42 Å². The van der Waals surface area contributed by atoms with Gasteiger partial charge in [-0.1, -0.05) is 25.1 Å². The van der Waals surface area contributed by atoms with Gasteiger partial charge in [-0.25, -0.2) is 0 Å². The summed E-state index contributed by atoms with van der Waals surface area (Å²) in [5.41, 5.74) is 2.77. The largest absolute Gasteiger partial charge is 0.387 e. The average molecular weight is 202 g/mol. The highest BCUT2D eigenvalue weighted by atomic mass is 16.3. The lowest BCUT2D eigenvalue weighted by molar-refractivity contribution is 0.207. The van der Waals surface area contributed by atoms with Crippen LogP contribution < -0.4 is 5.32 Å². The van der Waals surface area contributed by atoms with Gasteiger partial charge in [0.2, 0.25) is 0 Å². The normalized spacial score (nSPS) is 16.0. The zero-order valence-electron chi connectivity index (χ0n) is 8.64. The van der Waals surface area contributed by atoms with Gasteiger partial charge < -0.3 is 10.4 Å². The van der Waals surface area contributed by atoms with Crippen LogP contribution in [-0.2, 0) is 0 Å². The molecule has 1 unspecified atom stereocenters. The van der Waals surface area contributed by atoms with Gasteiger partial charge in [-0.15, -0.1) is 0 Å². The van der Waals surface area contributed by atoms with Crippen LogP contribution in [0.2, 0.25) is 0 Å². The maximum atomic E-state index is 9.73. The smallest absolute Gasteiger partial charge is 0.0950 e. The van der Waals surface area contributed by atoms with Crippen LogP contribution in [0.4, 0.5) is 5.69 Å². The summed E-state index contributed by atoms with van der Waals surface area (Å²) in [6.07, 6.45) is 3.66. The highest BCUT2D eigenvalue weighted by molar-refractivity contribution is 5.89. The van der Waals surface area contributed by atoms with Crippen molar-refractivity contribution in [3.63, 3.8) is 0 Å². The van der Waals surface area contributed by atoms with Crippen molar-refractivity contribution in [3.8, 4) is 0 Å². The minimum absolute atomic E-state index is 0.478. The van der Waals surface area contributed by atoms with E-state index < -0.39 is 6.10 Å². The molecule has 1 atom stereocenters. The Morgan fingerprint density at radius 2 is 2.20 bits per heavy atom. The van der Waals surface area contributed by atoms with Crippen molar-refractivity contribution in [1.29, 1.82) is 0 Å². The summed E-state index contributed by atoms with van der Waals surface area (Å²) in [6, 6.07) is 7.89. The van der Waals surface area contributed by atoms with E-state index >= 15 is 0 Å². The van der Waals surface area contributed by atoms with E-state index in [-0.39, 0.29) is 0 Å². The number of anilines is 1. The summed E-state index contributed by atoms with van der Waals surface area (Å²) in [5.74, 6) is 0. The van der Waals surface area contributed by atoms with Crippen LogP contribution in [0.1, 0.15) is 18.9 Å². The van der Waals surface area contributed by atoms with Crippen molar-refractivity contribution in [2.45, 2.75) is 19.4 Å². The molecule has 0 radical (unpaired) electrons. The van der Waals surface area contributed by atoms with Crippen LogP contribution in [-0.4, -0.2) is 17.4 Å². The molecule has 15 heavy (non-hydrogen) atoms. The van der Waals surface area contributed by atoms with Crippen molar-refractivity contribution in [3.05, 3.63) is 41.7 Å². The van der Waals surface area contributed by atoms with E-state index in [4.69, 9.17) is 0 Å². The lowest BCUT2D eigenvalue weighted by Gasteiger charge is -2.14. The molecule has 78 valence electrons. The minimum Gasteiger partial charge on any atom is -0.387 e. The molecule has 0 aliphatic carbocycles. The monoisotopic (exact) mass is 202 g/mol. The SMILES string of the molecule is CCC(O)C1=CN=Cc2ccccc2N1. The van der Waals surface area contributed by atoms with Crippen molar-refractivity contribution < 1.29 is 5.11 Å². The van der Waals surface area contributed by atoms with Gasteiger partial charge in [0, 0.05) is 23.7 Å². The van der Waals surface area contributed by atoms with Crippen molar-refractivity contribution in [2.24, 2.45) is 4.99 Å². The molecule has 3 nitrogen and oxygen atoms in total. The predicted molar refractivity (Wildman–Crippen MR) is 62.0 cm³/mol. The molecule has 0 bridgehead atoms. The van der Waals surface area contributed by atoms with Crippen molar-refractivity contribution >= 4 is 11.9 Å². The Hall–Kier alpha value is -1.61. The van der Waals surface area contributed by atoms with Gasteiger partial charge in [-0.2, -0.15) is 0 Å². The maximum Gasteiger partial charge on any atom is 0.0950 e. The van der Waals surface area contributed by atoms with Crippen LogP contribution in [0.5, 0.6) is 0 Å². The van der Waals surface area contributed by atoms with E-state index in [9.17, 15) is 5.11 Å². The first kappa shape index (κ1) is 9.93. The molecule has 0 saturated heterocycles. The minimum atomic E-state index is -0.478. The van der Waals surface area contributed by atoms with Gasteiger partial charge >= 0.3 is 0 Å². The third-order valence-corrected chi connectivity index (χ3v) is 2.41. The third kappa shape index (κ3) is 2.07. The Bertz CT molecular complexity index is 410. The number of aliphatic imine (C=N–C) groups is 1. The molecule has 1 aliphatic rings. The number of aliphatic hydroxyl groups excluding tert-OH is 1. The van der Waals surface area contributed by atoms with Crippen molar-refractivity contribution in [1.82, 2.24) is 0 Å². The zero-order chi connectivity index (χ0) is 10.7. The van der Waals surface area contributed by atoms with E-state index in [0.717, 1.165) is 16.9 Å². The van der Waals surface area contributed by atoms with E-state index in [1.165, 1.54) is 0 Å². The Morgan fingerprint density at radius 3 is 3.00 bits per heavy atom. The Morgan fingerprint density at radius 1 is 1.40 bits per heavy atom. The summed E-state index contributed by atoms with van der Waals surface area (Å²) in [4.78, 5) is 4.15. The first-order chi connectivity index (χ1) is 7.31. The Balaban J connectivity index is 2.31. The summed E-state index contributed by atoms with van der Waals surface area (Å²) >= 11 is 0. The number of nitrogens with zero attached hydrogens (tertiary/aromatic N) is 1. The van der Waals surface area contributed by atoms with Gasteiger partial charge in [-0.3, -0.25) is 4.99 Å². The van der Waals surface area contributed by atoms with Crippen LogP contribution in [0, 0.1) is 0 Å². The number of hydrogen-bond acceptors (Lipinski definition) is 3. The summed E-state index contributed by atoms with van der Waals surface area (Å²) in [5, 5.41) is 12.9. The average Bonchev–Trinajstić information content (AvgIpc) is 2.49. The van der Waals surface area contributed by atoms with Gasteiger partial charge in [0.05, 0.1) is 11.8 Å². The van der Waals surface area contributed by atoms with Crippen LogP contribution in [0.15, 0.2) is 41.2 Å². The van der Waals surface area contributed by atoms with Crippen LogP contribution >= 0.6 is 0 Å². The quantitative estimate of drug-likeness (QED) is 0.771. The molecule has 2 rings (SSSR count). The molecule has 0 spiro atoms. The summed E-state index contributed by atoms with van der Waals surface area (Å²) < 4.78 is 0. The fraction of sp³-hybridized carbons (Fsp3) is 0.250. The molecule has 1 heterocycles. The van der Waals surface area contributed by atoms with Gasteiger partial charge in [0.15, 0.2) is 0 Å². The predicted octanol–water partition coefficient (Wildman–Crippen LogP) is 2.14. The molecule has 3 heteroatoms. The first-order valence-corrected chi connectivity index (χ1v) is 5.08. The van der Waals surface area contributed by atoms with E-state index in [2.05, 4.69) is 10.3 Å². The summed E-state index contributed by atoms with van der Waals surface area (Å²) in [7, 11) is 0. The van der Waals surface area contributed by atoms with Gasteiger partial charge in [0.1, 0.15) is 0 Å². The fourth-order valence-corrected chi connectivity index (χ4v) is 1.50. The van der Waals surface area contributed by atoms with Gasteiger partial charge in [0.25, 0.3) is 0 Å². The van der Waals surface area contributed by atoms with Gasteiger partial charge in [-0.05, 0) is 12.5 Å². The highest BCUT2D eigenvalue weighted by Gasteiger charge is 2.11. The highest BCUT2D eigenvalue weighted by Crippen LogP contribution is 2.20. The Labute approximate surface area is 89.2 Å². The second kappa shape index (κ2) is 4.28. The third-order valence-electron chi connectivity index (χ3n) is 2.41. The first-order valence-electron chi connectivity index (χ1n) is 5.08. The van der Waals surface area contributed by atoms with E-state index in [1.54, 1.807) is 12.4 Å². The number of para-hydroxylation sites is 1. The fourth-order valence-electron chi connectivity index (χ4n) is 1.50. The molecule has 2 N–H and O–H groups in total. The van der Waals surface area contributed by atoms with Crippen LogP contribution in [0.3, 0.4) is 0 Å². The molecule has 1 aromatic carbocycles. The summed E-state index contributed by atoms with van der Waals surface area (Å²) in [6.45, 7) is 1.94. The molecular formula is C12H14N2O. The number of fused-ring (bicyclic) bond motifs is 1. The molecule has 0 fully saturated rings. The molecule has 0 aromatic heterocycles. The number of aliphatic hydroxyl groups is 1. The van der Waals surface area contributed by atoms with Crippen LogP contribution in [0.25, 0.3) is 0 Å². The lowest BCUT2D eigenvalue weighted by atomic mass is 10.1. The Kier molecular flexibility index (Phi) is 2.83. The number of benzene rings is 1. The van der Waals surface area contributed by atoms with Crippen molar-refractivity contribution in [2.75, 3.05) is 5.32 Å². The standard InChI is InChI=1S/C12H14N2O/c1-2-12(15)11-8-13-7-9-5-3-4-6-10(9)14-11/h3-8,12,14-15H,2H2,1H3. The molecule has 1 aliphatic heterocycles. The topological polar surface area (TPSA) is 44.6 Å². The maximum absolute atomic E-state index is 9.73. The second-order valence-electron chi connectivity index (χ2n) is 3.50. The number of rotatable bonds is 2. The second-order valence-corrected chi connectivity index (χ2v) is 3.50. The number of hydrogen-bond donors (Lipinski definition) is 2. The molecule has 1 aromatic rings. The lowest BCUT2D eigenvalue weighted by Crippen LogP contribution is -2.15.